The monoisotopic (exact) mass is 325 g/mol. The van der Waals surface area contributed by atoms with Gasteiger partial charge in [-0.05, 0) is 49.4 Å². The topological polar surface area (TPSA) is 32.7 Å². The molecule has 0 aromatic heterocycles. The van der Waals surface area contributed by atoms with E-state index >= 15 is 0 Å². The lowest BCUT2D eigenvalue weighted by Gasteiger charge is -2.35. The Bertz CT molecular complexity index is 611. The molecule has 24 heavy (non-hydrogen) atoms. The van der Waals surface area contributed by atoms with Crippen LogP contribution in [0.2, 0.25) is 0 Å². The van der Waals surface area contributed by atoms with Crippen LogP contribution in [-0.4, -0.2) is 41.8 Å². The fraction of sp³-hybridized carbons (Fsp3) is 0.429. The van der Waals surface area contributed by atoms with Gasteiger partial charge in [-0.1, -0.05) is 42.5 Å². The summed E-state index contributed by atoms with van der Waals surface area (Å²) in [5.74, 6) is 0.927. The van der Waals surface area contributed by atoms with Crippen molar-refractivity contribution in [3.8, 4) is 5.75 Å². The molecule has 3 nitrogen and oxygen atoms in total. The summed E-state index contributed by atoms with van der Waals surface area (Å²) >= 11 is 0. The summed E-state index contributed by atoms with van der Waals surface area (Å²) in [5, 5.41) is 9.67. The van der Waals surface area contributed by atoms with Crippen molar-refractivity contribution in [2.24, 2.45) is 0 Å². The highest BCUT2D eigenvalue weighted by atomic mass is 16.5. The van der Waals surface area contributed by atoms with Crippen LogP contribution in [0.1, 0.15) is 30.9 Å². The zero-order valence-corrected chi connectivity index (χ0v) is 14.4. The Morgan fingerprint density at radius 1 is 1.04 bits per heavy atom. The first-order valence-corrected chi connectivity index (χ1v) is 8.88. The maximum atomic E-state index is 9.67. The SMILES string of the molecule is C[C@@H]1C[C@H](O)CCN1CCOc1ccc(Cc2ccccc2)cc1. The number of benzene rings is 2. The second-order valence-corrected chi connectivity index (χ2v) is 6.72. The van der Waals surface area contributed by atoms with E-state index in [1.54, 1.807) is 0 Å². The molecule has 1 fully saturated rings. The molecule has 1 heterocycles. The highest BCUT2D eigenvalue weighted by Crippen LogP contribution is 2.18. The lowest BCUT2D eigenvalue weighted by atomic mass is 10.0. The molecule has 2 aromatic carbocycles. The predicted octanol–water partition coefficient (Wildman–Crippen LogP) is 3.50. The van der Waals surface area contributed by atoms with E-state index in [1.807, 2.05) is 6.07 Å². The van der Waals surface area contributed by atoms with Gasteiger partial charge >= 0.3 is 0 Å². The van der Waals surface area contributed by atoms with Gasteiger partial charge in [0.05, 0.1) is 6.10 Å². The summed E-state index contributed by atoms with van der Waals surface area (Å²) in [5.41, 5.74) is 2.62. The van der Waals surface area contributed by atoms with Gasteiger partial charge in [-0.15, -0.1) is 0 Å². The third-order valence-electron chi connectivity index (χ3n) is 4.81. The first-order chi connectivity index (χ1) is 11.7. The Morgan fingerprint density at radius 2 is 1.75 bits per heavy atom. The summed E-state index contributed by atoms with van der Waals surface area (Å²) in [4.78, 5) is 2.40. The summed E-state index contributed by atoms with van der Waals surface area (Å²) in [6, 6.07) is 19.3. The molecule has 1 aliphatic rings. The molecule has 1 aliphatic heterocycles. The van der Waals surface area contributed by atoms with Crippen molar-refractivity contribution < 1.29 is 9.84 Å². The van der Waals surface area contributed by atoms with Gasteiger partial charge in [0.1, 0.15) is 12.4 Å². The van der Waals surface area contributed by atoms with Crippen LogP contribution in [0, 0.1) is 0 Å². The minimum absolute atomic E-state index is 0.130. The van der Waals surface area contributed by atoms with Crippen molar-refractivity contribution in [3.63, 3.8) is 0 Å². The van der Waals surface area contributed by atoms with Crippen LogP contribution in [-0.2, 0) is 6.42 Å². The van der Waals surface area contributed by atoms with Crippen LogP contribution < -0.4 is 4.74 Å². The third kappa shape index (κ3) is 4.83. The molecule has 0 radical (unpaired) electrons. The Labute approximate surface area is 144 Å². The second kappa shape index (κ2) is 8.32. The normalized spacial score (nSPS) is 21.6. The van der Waals surface area contributed by atoms with Crippen LogP contribution in [0.3, 0.4) is 0 Å². The van der Waals surface area contributed by atoms with E-state index in [9.17, 15) is 5.11 Å². The number of hydrogen-bond acceptors (Lipinski definition) is 3. The van der Waals surface area contributed by atoms with Crippen molar-refractivity contribution >= 4 is 0 Å². The van der Waals surface area contributed by atoms with Gasteiger partial charge in [0, 0.05) is 19.1 Å². The largest absolute Gasteiger partial charge is 0.492 e. The molecule has 2 atom stereocenters. The summed E-state index contributed by atoms with van der Waals surface area (Å²) in [6.07, 6.45) is 2.57. The van der Waals surface area contributed by atoms with Gasteiger partial charge in [-0.25, -0.2) is 0 Å². The van der Waals surface area contributed by atoms with Crippen LogP contribution in [0.25, 0.3) is 0 Å². The molecule has 0 bridgehead atoms. The average molecular weight is 325 g/mol. The number of nitrogens with zero attached hydrogens (tertiary/aromatic N) is 1. The van der Waals surface area contributed by atoms with E-state index in [2.05, 4.69) is 60.4 Å². The molecule has 128 valence electrons. The Hall–Kier alpha value is -1.84. The molecule has 0 amide bonds. The van der Waals surface area contributed by atoms with E-state index in [-0.39, 0.29) is 6.10 Å². The standard InChI is InChI=1S/C21H27NO2/c1-17-15-20(23)11-12-22(17)13-14-24-21-9-7-19(8-10-21)16-18-5-3-2-4-6-18/h2-10,17,20,23H,11-16H2,1H3/t17-,20-/m1/s1. The number of ether oxygens (including phenoxy) is 1. The molecule has 1 N–H and O–H groups in total. The molecule has 0 unspecified atom stereocenters. The Kier molecular flexibility index (Phi) is 5.89. The van der Waals surface area contributed by atoms with Crippen LogP contribution >= 0.6 is 0 Å². The van der Waals surface area contributed by atoms with Crippen molar-refractivity contribution in [1.29, 1.82) is 0 Å². The fourth-order valence-corrected chi connectivity index (χ4v) is 3.34. The summed E-state index contributed by atoms with van der Waals surface area (Å²) in [7, 11) is 0. The number of likely N-dealkylation sites (tertiary alicyclic amines) is 1. The minimum atomic E-state index is -0.130. The zero-order chi connectivity index (χ0) is 16.8. The molecule has 1 saturated heterocycles. The van der Waals surface area contributed by atoms with Gasteiger partial charge in [0.25, 0.3) is 0 Å². The van der Waals surface area contributed by atoms with Crippen molar-refractivity contribution in [3.05, 3.63) is 65.7 Å². The highest BCUT2D eigenvalue weighted by Gasteiger charge is 2.23. The molecule has 3 heteroatoms. The van der Waals surface area contributed by atoms with E-state index in [4.69, 9.17) is 4.74 Å². The third-order valence-corrected chi connectivity index (χ3v) is 4.81. The van der Waals surface area contributed by atoms with Gasteiger partial charge in [-0.2, -0.15) is 0 Å². The highest BCUT2D eigenvalue weighted by molar-refractivity contribution is 5.31. The number of piperidine rings is 1. The van der Waals surface area contributed by atoms with Crippen LogP contribution in [0.4, 0.5) is 0 Å². The Morgan fingerprint density at radius 3 is 2.46 bits per heavy atom. The fourth-order valence-electron chi connectivity index (χ4n) is 3.34. The zero-order valence-electron chi connectivity index (χ0n) is 14.4. The maximum Gasteiger partial charge on any atom is 0.119 e. The predicted molar refractivity (Wildman–Crippen MR) is 97.5 cm³/mol. The Balaban J connectivity index is 1.45. The average Bonchev–Trinajstić information content (AvgIpc) is 2.59. The van der Waals surface area contributed by atoms with E-state index in [0.29, 0.717) is 12.6 Å². The van der Waals surface area contributed by atoms with Crippen molar-refractivity contribution in [2.45, 2.75) is 38.3 Å². The number of hydrogen-bond donors (Lipinski definition) is 1. The molecular formula is C21H27NO2. The summed E-state index contributed by atoms with van der Waals surface area (Å²) in [6.45, 7) is 4.75. The number of aliphatic hydroxyl groups is 1. The van der Waals surface area contributed by atoms with E-state index < -0.39 is 0 Å². The van der Waals surface area contributed by atoms with Crippen molar-refractivity contribution in [1.82, 2.24) is 4.90 Å². The van der Waals surface area contributed by atoms with Gasteiger partial charge in [-0.3, -0.25) is 4.90 Å². The smallest absolute Gasteiger partial charge is 0.119 e. The second-order valence-electron chi connectivity index (χ2n) is 6.72. The first-order valence-electron chi connectivity index (χ1n) is 8.88. The molecule has 0 spiro atoms. The van der Waals surface area contributed by atoms with Gasteiger partial charge in [0.2, 0.25) is 0 Å². The molecule has 3 rings (SSSR count). The number of rotatable bonds is 6. The maximum absolute atomic E-state index is 9.67. The number of aliphatic hydroxyl groups excluding tert-OH is 1. The molecule has 0 saturated carbocycles. The van der Waals surface area contributed by atoms with Gasteiger partial charge < -0.3 is 9.84 Å². The minimum Gasteiger partial charge on any atom is -0.492 e. The van der Waals surface area contributed by atoms with Gasteiger partial charge in [0.15, 0.2) is 0 Å². The summed E-state index contributed by atoms with van der Waals surface area (Å²) < 4.78 is 5.88. The lowest BCUT2D eigenvalue weighted by molar-refractivity contribution is 0.0415. The molecule has 0 aliphatic carbocycles. The quantitative estimate of drug-likeness (QED) is 0.882. The molecule has 2 aromatic rings. The van der Waals surface area contributed by atoms with Crippen molar-refractivity contribution in [2.75, 3.05) is 19.7 Å². The van der Waals surface area contributed by atoms with Crippen LogP contribution in [0.5, 0.6) is 5.75 Å². The van der Waals surface area contributed by atoms with Crippen LogP contribution in [0.15, 0.2) is 54.6 Å². The van der Waals surface area contributed by atoms with E-state index in [0.717, 1.165) is 38.1 Å². The lowest BCUT2D eigenvalue weighted by Crippen LogP contribution is -2.44. The first kappa shape index (κ1) is 17.0. The molecular weight excluding hydrogens is 298 g/mol. The van der Waals surface area contributed by atoms with E-state index in [1.165, 1.54) is 11.1 Å².